The zero-order chi connectivity index (χ0) is 21.1. The van der Waals surface area contributed by atoms with Gasteiger partial charge in [-0.15, -0.1) is 0 Å². The number of ether oxygens (including phenoxy) is 3. The van der Waals surface area contributed by atoms with E-state index in [0.29, 0.717) is 23.1 Å². The number of fused-ring (bicyclic) bond motifs is 1. The van der Waals surface area contributed by atoms with Crippen molar-refractivity contribution in [3.63, 3.8) is 0 Å². The Morgan fingerprint density at radius 1 is 1.17 bits per heavy atom. The van der Waals surface area contributed by atoms with Crippen LogP contribution in [-0.2, 0) is 16.6 Å². The predicted molar refractivity (Wildman–Crippen MR) is 104 cm³/mol. The van der Waals surface area contributed by atoms with Gasteiger partial charge in [-0.2, -0.15) is 5.10 Å². The summed E-state index contributed by atoms with van der Waals surface area (Å²) in [6.07, 6.45) is 4.45. The lowest BCUT2D eigenvalue weighted by molar-refractivity contribution is -0.123. The smallest absolute Gasteiger partial charge is 0.357 e. The number of amides is 3. The van der Waals surface area contributed by atoms with Crippen LogP contribution in [0.3, 0.4) is 0 Å². The number of aromatic nitrogens is 2. The first-order chi connectivity index (χ1) is 14.5. The van der Waals surface area contributed by atoms with Crippen LogP contribution in [0.2, 0.25) is 0 Å². The van der Waals surface area contributed by atoms with Gasteiger partial charge >= 0.3 is 12.0 Å². The normalized spacial score (nSPS) is 15.1. The summed E-state index contributed by atoms with van der Waals surface area (Å²) in [5, 5.41) is 9.00. The first kappa shape index (κ1) is 19.7. The highest BCUT2D eigenvalue weighted by atomic mass is 16.7. The summed E-state index contributed by atoms with van der Waals surface area (Å²) in [7, 11) is 1.66. The van der Waals surface area contributed by atoms with E-state index in [1.165, 1.54) is 4.68 Å². The molecule has 10 nitrogen and oxygen atoms in total. The highest BCUT2D eigenvalue weighted by Gasteiger charge is 2.24. The molecular formula is C20H22N4O6. The third kappa shape index (κ3) is 4.37. The summed E-state index contributed by atoms with van der Waals surface area (Å²) in [6, 6.07) is 5.80. The van der Waals surface area contributed by atoms with E-state index in [4.69, 9.17) is 14.2 Å². The topological polar surface area (TPSA) is 121 Å². The van der Waals surface area contributed by atoms with Crippen LogP contribution in [0.15, 0.2) is 24.3 Å². The van der Waals surface area contributed by atoms with Gasteiger partial charge in [-0.05, 0) is 31.0 Å². The van der Waals surface area contributed by atoms with Crippen molar-refractivity contribution >= 4 is 23.6 Å². The fourth-order valence-electron chi connectivity index (χ4n) is 3.61. The van der Waals surface area contributed by atoms with E-state index >= 15 is 0 Å². The van der Waals surface area contributed by atoms with E-state index in [0.717, 1.165) is 31.4 Å². The van der Waals surface area contributed by atoms with Gasteiger partial charge in [-0.25, -0.2) is 9.59 Å². The van der Waals surface area contributed by atoms with Crippen molar-refractivity contribution in [1.29, 1.82) is 0 Å². The van der Waals surface area contributed by atoms with Crippen LogP contribution in [-0.4, -0.2) is 41.1 Å². The van der Waals surface area contributed by atoms with Gasteiger partial charge in [0.15, 0.2) is 18.1 Å². The van der Waals surface area contributed by atoms with Gasteiger partial charge in [-0.3, -0.25) is 14.8 Å². The van der Waals surface area contributed by atoms with Gasteiger partial charge in [0.2, 0.25) is 6.79 Å². The Morgan fingerprint density at radius 2 is 1.93 bits per heavy atom. The number of nitrogens with one attached hydrogen (secondary N) is 2. The number of esters is 1. The number of anilines is 1. The van der Waals surface area contributed by atoms with Gasteiger partial charge < -0.3 is 19.5 Å². The molecule has 0 unspecified atom stereocenters. The van der Waals surface area contributed by atoms with Gasteiger partial charge in [0.25, 0.3) is 5.91 Å². The number of nitrogens with zero attached hydrogens (tertiary/aromatic N) is 2. The maximum atomic E-state index is 12.3. The van der Waals surface area contributed by atoms with Crippen LogP contribution in [0, 0.1) is 0 Å². The maximum absolute atomic E-state index is 12.3. The number of carbonyl (C=O) groups excluding carboxylic acids is 3. The lowest BCUT2D eigenvalue weighted by Gasteiger charge is -2.08. The molecule has 0 spiro atoms. The Morgan fingerprint density at radius 3 is 2.73 bits per heavy atom. The van der Waals surface area contributed by atoms with E-state index < -0.39 is 24.5 Å². The largest absolute Gasteiger partial charge is 0.454 e. The highest BCUT2D eigenvalue weighted by Crippen LogP contribution is 2.34. The quantitative estimate of drug-likeness (QED) is 0.720. The number of urea groups is 1. The third-order valence-corrected chi connectivity index (χ3v) is 5.10. The van der Waals surface area contributed by atoms with E-state index in [1.54, 1.807) is 31.3 Å². The van der Waals surface area contributed by atoms with Crippen LogP contribution in [0.5, 0.6) is 11.5 Å². The molecule has 1 aromatic carbocycles. The molecule has 0 atom stereocenters. The SMILES string of the molecule is Cn1nc(C2CCCC2)cc1C(=O)OCC(=O)NC(=O)Nc1ccc2c(c1)OCO2. The molecular weight excluding hydrogens is 392 g/mol. The molecule has 0 saturated heterocycles. The van der Waals surface area contributed by atoms with Crippen molar-refractivity contribution in [3.8, 4) is 11.5 Å². The third-order valence-electron chi connectivity index (χ3n) is 5.10. The molecule has 2 aliphatic rings. The maximum Gasteiger partial charge on any atom is 0.357 e. The molecule has 158 valence electrons. The second-order valence-corrected chi connectivity index (χ2v) is 7.21. The summed E-state index contributed by atoms with van der Waals surface area (Å²) >= 11 is 0. The zero-order valence-electron chi connectivity index (χ0n) is 16.5. The van der Waals surface area contributed by atoms with Crippen LogP contribution in [0.1, 0.15) is 47.8 Å². The van der Waals surface area contributed by atoms with E-state index in [9.17, 15) is 14.4 Å². The molecule has 1 fully saturated rings. The summed E-state index contributed by atoms with van der Waals surface area (Å²) in [5.41, 5.74) is 1.57. The molecule has 1 saturated carbocycles. The molecule has 4 rings (SSSR count). The average Bonchev–Trinajstić information content (AvgIpc) is 3.46. The Labute approximate surface area is 172 Å². The lowest BCUT2D eigenvalue weighted by Crippen LogP contribution is -2.37. The monoisotopic (exact) mass is 414 g/mol. The van der Waals surface area contributed by atoms with Gasteiger partial charge in [0.1, 0.15) is 5.69 Å². The second kappa shape index (κ2) is 8.44. The van der Waals surface area contributed by atoms with Gasteiger partial charge in [0.05, 0.1) is 5.69 Å². The van der Waals surface area contributed by atoms with Crippen molar-refractivity contribution in [2.45, 2.75) is 31.6 Å². The number of hydrogen-bond acceptors (Lipinski definition) is 7. The molecule has 1 aromatic heterocycles. The number of carbonyl (C=O) groups is 3. The van der Waals surface area contributed by atoms with E-state index in [-0.39, 0.29) is 12.5 Å². The Bertz CT molecular complexity index is 980. The number of benzene rings is 1. The Hall–Kier alpha value is -3.56. The minimum Gasteiger partial charge on any atom is -0.454 e. The van der Waals surface area contributed by atoms with Gasteiger partial charge in [0, 0.05) is 24.7 Å². The first-order valence-electron chi connectivity index (χ1n) is 9.71. The van der Waals surface area contributed by atoms with Crippen molar-refractivity contribution in [1.82, 2.24) is 15.1 Å². The van der Waals surface area contributed by atoms with E-state index in [2.05, 4.69) is 15.7 Å². The van der Waals surface area contributed by atoms with Crippen LogP contribution >= 0.6 is 0 Å². The number of aryl methyl sites for hydroxylation is 1. The summed E-state index contributed by atoms with van der Waals surface area (Å²) in [4.78, 5) is 36.2. The lowest BCUT2D eigenvalue weighted by atomic mass is 10.0. The molecule has 2 N–H and O–H groups in total. The average molecular weight is 414 g/mol. The minimum absolute atomic E-state index is 0.119. The summed E-state index contributed by atoms with van der Waals surface area (Å²) < 4.78 is 16.9. The standard InChI is InChI=1S/C20H22N4O6/c1-24-15(9-14(23-24)12-4-2-3-5-12)19(26)28-10-18(25)22-20(27)21-13-6-7-16-17(8-13)30-11-29-16/h6-9,12H,2-5,10-11H2,1H3,(H2,21,22,25,27). The van der Waals surface area contributed by atoms with Crippen LogP contribution in [0.4, 0.5) is 10.5 Å². The molecule has 0 bridgehead atoms. The molecule has 2 heterocycles. The molecule has 2 aromatic rings. The van der Waals surface area contributed by atoms with Crippen molar-refractivity contribution in [3.05, 3.63) is 35.7 Å². The summed E-state index contributed by atoms with van der Waals surface area (Å²) in [5.74, 6) is 0.0256. The van der Waals surface area contributed by atoms with E-state index in [1.807, 2.05) is 0 Å². The Balaban J connectivity index is 1.26. The number of hydrogen-bond donors (Lipinski definition) is 2. The second-order valence-electron chi connectivity index (χ2n) is 7.21. The van der Waals surface area contributed by atoms with Crippen LogP contribution in [0.25, 0.3) is 0 Å². The summed E-state index contributed by atoms with van der Waals surface area (Å²) in [6.45, 7) is -0.467. The fraction of sp³-hybridized carbons (Fsp3) is 0.400. The number of imide groups is 1. The van der Waals surface area contributed by atoms with Crippen molar-refractivity contribution in [2.75, 3.05) is 18.7 Å². The highest BCUT2D eigenvalue weighted by molar-refractivity contribution is 6.02. The Kier molecular flexibility index (Phi) is 5.55. The van der Waals surface area contributed by atoms with Crippen molar-refractivity contribution < 1.29 is 28.6 Å². The molecule has 30 heavy (non-hydrogen) atoms. The molecule has 0 radical (unpaired) electrons. The molecule has 1 aliphatic heterocycles. The van der Waals surface area contributed by atoms with Gasteiger partial charge in [-0.1, -0.05) is 12.8 Å². The zero-order valence-corrected chi connectivity index (χ0v) is 16.5. The van der Waals surface area contributed by atoms with Crippen molar-refractivity contribution in [2.24, 2.45) is 7.05 Å². The first-order valence-corrected chi connectivity index (χ1v) is 9.71. The molecule has 3 amide bonds. The predicted octanol–water partition coefficient (Wildman–Crippen LogP) is 2.31. The van der Waals surface area contributed by atoms with Crippen LogP contribution < -0.4 is 20.1 Å². The molecule has 1 aliphatic carbocycles. The number of rotatable bonds is 5. The fourth-order valence-corrected chi connectivity index (χ4v) is 3.61. The minimum atomic E-state index is -0.751. The molecule has 10 heteroatoms.